The molecule has 0 saturated heterocycles. The van der Waals surface area contributed by atoms with Crippen molar-refractivity contribution in [2.45, 2.75) is 19.3 Å². The number of nitrogens with one attached hydrogen (secondary N) is 2. The lowest BCUT2D eigenvalue weighted by atomic mass is 10.0. The van der Waals surface area contributed by atoms with E-state index < -0.39 is 0 Å². The van der Waals surface area contributed by atoms with Gasteiger partial charge >= 0.3 is 0 Å². The quantitative estimate of drug-likeness (QED) is 0.907. The van der Waals surface area contributed by atoms with E-state index >= 15 is 0 Å². The molecule has 0 radical (unpaired) electrons. The molecule has 0 saturated carbocycles. The van der Waals surface area contributed by atoms with Crippen LogP contribution in [-0.4, -0.2) is 12.5 Å². The molecule has 2 aromatic carbocycles. The number of fused-ring (bicyclic) bond motifs is 1. The van der Waals surface area contributed by atoms with E-state index in [9.17, 15) is 9.18 Å². The molecule has 0 atom stereocenters. The number of halogens is 1. The van der Waals surface area contributed by atoms with Crippen LogP contribution in [0.15, 0.2) is 42.5 Å². The van der Waals surface area contributed by atoms with Gasteiger partial charge < -0.3 is 10.6 Å². The molecule has 1 aliphatic heterocycles. The van der Waals surface area contributed by atoms with Crippen molar-refractivity contribution in [2.75, 3.05) is 17.2 Å². The van der Waals surface area contributed by atoms with E-state index in [0.717, 1.165) is 30.8 Å². The van der Waals surface area contributed by atoms with Gasteiger partial charge in [0.1, 0.15) is 5.82 Å². The largest absolute Gasteiger partial charge is 0.383 e. The third-order valence-electron chi connectivity index (χ3n) is 3.60. The van der Waals surface area contributed by atoms with Gasteiger partial charge in [-0.25, -0.2) is 4.39 Å². The van der Waals surface area contributed by atoms with Crippen LogP contribution in [0.5, 0.6) is 0 Å². The molecule has 4 heteroatoms. The van der Waals surface area contributed by atoms with Crippen LogP contribution in [0.3, 0.4) is 0 Å². The summed E-state index contributed by atoms with van der Waals surface area (Å²) in [5, 5.41) is 6.25. The molecular formula is C17H17FN2O. The van der Waals surface area contributed by atoms with E-state index in [4.69, 9.17) is 0 Å². The van der Waals surface area contributed by atoms with Crippen molar-refractivity contribution in [3.05, 3.63) is 59.4 Å². The number of aryl methyl sites for hydroxylation is 1. The van der Waals surface area contributed by atoms with E-state index in [1.54, 1.807) is 12.1 Å². The van der Waals surface area contributed by atoms with Crippen molar-refractivity contribution in [3.63, 3.8) is 0 Å². The number of anilines is 2. The van der Waals surface area contributed by atoms with Gasteiger partial charge in [0.05, 0.1) is 17.8 Å². The number of hydrogen-bond donors (Lipinski definition) is 2. The second-order valence-electron chi connectivity index (χ2n) is 5.22. The monoisotopic (exact) mass is 284 g/mol. The lowest BCUT2D eigenvalue weighted by Gasteiger charge is -2.21. The molecule has 1 aliphatic rings. The molecule has 0 aromatic heterocycles. The molecule has 1 amide bonds. The van der Waals surface area contributed by atoms with Crippen molar-refractivity contribution in [1.29, 1.82) is 0 Å². The van der Waals surface area contributed by atoms with E-state index in [2.05, 4.69) is 16.7 Å². The topological polar surface area (TPSA) is 41.1 Å². The van der Waals surface area contributed by atoms with Crippen LogP contribution in [0.4, 0.5) is 15.8 Å². The molecule has 0 fully saturated rings. The Kier molecular flexibility index (Phi) is 3.86. The van der Waals surface area contributed by atoms with Crippen molar-refractivity contribution < 1.29 is 9.18 Å². The van der Waals surface area contributed by atoms with E-state index in [1.165, 1.54) is 17.7 Å². The zero-order valence-corrected chi connectivity index (χ0v) is 11.7. The Morgan fingerprint density at radius 1 is 1.24 bits per heavy atom. The standard InChI is InChI=1S/C17H17FN2O/c18-14-7-1-4-12(10-14)11-16(21)20-15-8-2-5-13-6-3-9-19-17(13)15/h1-2,4-5,7-8,10,19H,3,6,9,11H2,(H,20,21). The lowest BCUT2D eigenvalue weighted by molar-refractivity contribution is -0.115. The molecule has 0 bridgehead atoms. The van der Waals surface area contributed by atoms with Gasteiger partial charge in [-0.1, -0.05) is 24.3 Å². The van der Waals surface area contributed by atoms with Crippen LogP contribution in [0.2, 0.25) is 0 Å². The van der Waals surface area contributed by atoms with Crippen molar-refractivity contribution >= 4 is 17.3 Å². The predicted octanol–water partition coefficient (Wildman–Crippen LogP) is 3.37. The van der Waals surface area contributed by atoms with E-state index in [0.29, 0.717) is 5.56 Å². The predicted molar refractivity (Wildman–Crippen MR) is 82.0 cm³/mol. The molecule has 2 N–H and O–H groups in total. The Morgan fingerprint density at radius 3 is 2.95 bits per heavy atom. The number of para-hydroxylation sites is 1. The summed E-state index contributed by atoms with van der Waals surface area (Å²) in [5.74, 6) is -0.458. The first-order valence-corrected chi connectivity index (χ1v) is 7.12. The molecule has 0 spiro atoms. The highest BCUT2D eigenvalue weighted by Crippen LogP contribution is 2.30. The number of amides is 1. The van der Waals surface area contributed by atoms with Crippen LogP contribution >= 0.6 is 0 Å². The number of benzene rings is 2. The minimum atomic E-state index is -0.320. The maximum atomic E-state index is 13.1. The third kappa shape index (κ3) is 3.21. The zero-order valence-electron chi connectivity index (χ0n) is 11.7. The van der Waals surface area contributed by atoms with Crippen LogP contribution in [-0.2, 0) is 17.6 Å². The number of rotatable bonds is 3. The molecule has 3 nitrogen and oxygen atoms in total. The Balaban J connectivity index is 1.73. The first kappa shape index (κ1) is 13.6. The van der Waals surface area contributed by atoms with Crippen LogP contribution in [0.1, 0.15) is 17.5 Å². The summed E-state index contributed by atoms with van der Waals surface area (Å²) in [6.07, 6.45) is 2.30. The first-order chi connectivity index (χ1) is 10.2. The molecule has 1 heterocycles. The fourth-order valence-electron chi connectivity index (χ4n) is 2.64. The summed E-state index contributed by atoms with van der Waals surface area (Å²) in [6.45, 7) is 0.920. The number of carbonyl (C=O) groups is 1. The summed E-state index contributed by atoms with van der Waals surface area (Å²) < 4.78 is 13.1. The molecule has 21 heavy (non-hydrogen) atoms. The Morgan fingerprint density at radius 2 is 2.10 bits per heavy atom. The van der Waals surface area contributed by atoms with Gasteiger partial charge in [-0.05, 0) is 42.2 Å². The second kappa shape index (κ2) is 5.95. The highest BCUT2D eigenvalue weighted by atomic mass is 19.1. The fraction of sp³-hybridized carbons (Fsp3) is 0.235. The minimum absolute atomic E-state index is 0.138. The normalized spacial score (nSPS) is 13.2. The van der Waals surface area contributed by atoms with Crippen LogP contribution in [0, 0.1) is 5.82 Å². The smallest absolute Gasteiger partial charge is 0.228 e. The van der Waals surface area contributed by atoms with Gasteiger partial charge in [0.25, 0.3) is 0 Å². The van der Waals surface area contributed by atoms with Crippen molar-refractivity contribution in [2.24, 2.45) is 0 Å². The Bertz CT molecular complexity index is 670. The maximum absolute atomic E-state index is 13.1. The minimum Gasteiger partial charge on any atom is -0.383 e. The summed E-state index contributed by atoms with van der Waals surface area (Å²) >= 11 is 0. The average molecular weight is 284 g/mol. The average Bonchev–Trinajstić information content (AvgIpc) is 2.47. The van der Waals surface area contributed by atoms with E-state index in [1.807, 2.05) is 12.1 Å². The number of carbonyl (C=O) groups excluding carboxylic acids is 1. The van der Waals surface area contributed by atoms with Gasteiger partial charge in [0.2, 0.25) is 5.91 Å². The summed E-state index contributed by atoms with van der Waals surface area (Å²) in [4.78, 5) is 12.1. The van der Waals surface area contributed by atoms with Gasteiger partial charge in [-0.15, -0.1) is 0 Å². The van der Waals surface area contributed by atoms with E-state index in [-0.39, 0.29) is 18.1 Å². The lowest BCUT2D eigenvalue weighted by Crippen LogP contribution is -2.18. The summed E-state index contributed by atoms with van der Waals surface area (Å²) in [7, 11) is 0. The molecule has 108 valence electrons. The summed E-state index contributed by atoms with van der Waals surface area (Å²) in [5.41, 5.74) is 3.71. The Labute approximate surface area is 123 Å². The Hall–Kier alpha value is -2.36. The second-order valence-corrected chi connectivity index (χ2v) is 5.22. The highest BCUT2D eigenvalue weighted by Gasteiger charge is 2.14. The summed E-state index contributed by atoms with van der Waals surface area (Å²) in [6, 6.07) is 12.0. The fourth-order valence-corrected chi connectivity index (χ4v) is 2.64. The molecule has 3 rings (SSSR count). The van der Waals surface area contributed by atoms with Crippen molar-refractivity contribution in [3.8, 4) is 0 Å². The van der Waals surface area contributed by atoms with Gasteiger partial charge in [0.15, 0.2) is 0 Å². The molecule has 0 aliphatic carbocycles. The first-order valence-electron chi connectivity index (χ1n) is 7.12. The van der Waals surface area contributed by atoms with Gasteiger partial charge in [0, 0.05) is 6.54 Å². The number of hydrogen-bond acceptors (Lipinski definition) is 2. The van der Waals surface area contributed by atoms with Crippen molar-refractivity contribution in [1.82, 2.24) is 0 Å². The highest BCUT2D eigenvalue weighted by molar-refractivity contribution is 5.96. The molecule has 0 unspecified atom stereocenters. The molecular weight excluding hydrogens is 267 g/mol. The van der Waals surface area contributed by atoms with Crippen LogP contribution < -0.4 is 10.6 Å². The van der Waals surface area contributed by atoms with Gasteiger partial charge in [-0.2, -0.15) is 0 Å². The third-order valence-corrected chi connectivity index (χ3v) is 3.60. The molecule has 2 aromatic rings. The SMILES string of the molecule is O=C(Cc1cccc(F)c1)Nc1cccc2c1NCCC2. The maximum Gasteiger partial charge on any atom is 0.228 e. The van der Waals surface area contributed by atoms with Gasteiger partial charge in [-0.3, -0.25) is 4.79 Å². The zero-order chi connectivity index (χ0) is 14.7. The van der Waals surface area contributed by atoms with Crippen LogP contribution in [0.25, 0.3) is 0 Å².